The number of carbonyl (C=O) groups is 2. The Hall–Kier alpha value is -2.80. The van der Waals surface area contributed by atoms with Gasteiger partial charge in [0, 0.05) is 12.1 Å². The highest BCUT2D eigenvalue weighted by Crippen LogP contribution is 2.19. The summed E-state index contributed by atoms with van der Waals surface area (Å²) in [6, 6.07) is 10.9. The second-order valence-electron chi connectivity index (χ2n) is 5.33. The molecule has 1 N–H and O–H groups in total. The predicted molar refractivity (Wildman–Crippen MR) is 82.8 cm³/mol. The van der Waals surface area contributed by atoms with Crippen molar-refractivity contribution < 1.29 is 28.6 Å². The van der Waals surface area contributed by atoms with Crippen LogP contribution in [0.3, 0.4) is 0 Å². The fourth-order valence-electron chi connectivity index (χ4n) is 2.44. The van der Waals surface area contributed by atoms with Crippen LogP contribution in [0.1, 0.15) is 16.1 Å². The SMILES string of the molecule is O=C(O)[C@@H]1CN(C(=O)c2occc2COc2ccccc2)CCO1. The van der Waals surface area contributed by atoms with Gasteiger partial charge in [-0.2, -0.15) is 0 Å². The fraction of sp³-hybridized carbons (Fsp3) is 0.294. The minimum atomic E-state index is -1.08. The first-order valence-electron chi connectivity index (χ1n) is 7.53. The van der Waals surface area contributed by atoms with E-state index in [1.165, 1.54) is 11.2 Å². The molecule has 0 radical (unpaired) electrons. The summed E-state index contributed by atoms with van der Waals surface area (Å²) in [4.78, 5) is 25.0. The molecule has 2 heterocycles. The monoisotopic (exact) mass is 331 g/mol. The summed E-state index contributed by atoms with van der Waals surface area (Å²) in [5.74, 6) is -0.591. The Kier molecular flexibility index (Phi) is 4.81. The average molecular weight is 331 g/mol. The Balaban J connectivity index is 1.67. The molecule has 24 heavy (non-hydrogen) atoms. The Morgan fingerprint density at radius 1 is 1.25 bits per heavy atom. The van der Waals surface area contributed by atoms with Gasteiger partial charge >= 0.3 is 5.97 Å². The summed E-state index contributed by atoms with van der Waals surface area (Å²) in [6.07, 6.45) is 0.410. The van der Waals surface area contributed by atoms with Crippen LogP contribution < -0.4 is 4.74 Å². The number of ether oxygens (including phenoxy) is 2. The van der Waals surface area contributed by atoms with Crippen LogP contribution in [0, 0.1) is 0 Å². The molecule has 7 heteroatoms. The van der Waals surface area contributed by atoms with Gasteiger partial charge in [0.2, 0.25) is 0 Å². The van der Waals surface area contributed by atoms with Crippen LogP contribution in [0.15, 0.2) is 47.1 Å². The number of nitrogens with zero attached hydrogens (tertiary/aromatic N) is 1. The van der Waals surface area contributed by atoms with Crippen molar-refractivity contribution in [2.24, 2.45) is 0 Å². The first kappa shape index (κ1) is 16.1. The van der Waals surface area contributed by atoms with Gasteiger partial charge in [-0.15, -0.1) is 0 Å². The molecule has 7 nitrogen and oxygen atoms in total. The predicted octanol–water partition coefficient (Wildman–Crippen LogP) is 1.78. The summed E-state index contributed by atoms with van der Waals surface area (Å²) in [7, 11) is 0. The molecule has 0 spiro atoms. The summed E-state index contributed by atoms with van der Waals surface area (Å²) < 4.78 is 16.1. The average Bonchev–Trinajstić information content (AvgIpc) is 3.09. The summed E-state index contributed by atoms with van der Waals surface area (Å²) in [5.41, 5.74) is 0.613. The molecule has 2 aromatic rings. The summed E-state index contributed by atoms with van der Waals surface area (Å²) >= 11 is 0. The highest BCUT2D eigenvalue weighted by Gasteiger charge is 2.31. The van der Waals surface area contributed by atoms with Crippen LogP contribution >= 0.6 is 0 Å². The molecule has 1 fully saturated rings. The zero-order valence-electron chi connectivity index (χ0n) is 12.9. The second kappa shape index (κ2) is 7.18. The highest BCUT2D eigenvalue weighted by molar-refractivity contribution is 5.93. The second-order valence-corrected chi connectivity index (χ2v) is 5.33. The zero-order valence-corrected chi connectivity index (χ0v) is 12.9. The van der Waals surface area contributed by atoms with E-state index < -0.39 is 12.1 Å². The van der Waals surface area contributed by atoms with E-state index in [1.807, 2.05) is 30.3 Å². The Bertz CT molecular complexity index is 711. The number of morpholine rings is 1. The molecule has 0 bridgehead atoms. The van der Waals surface area contributed by atoms with Crippen molar-refractivity contribution >= 4 is 11.9 Å². The van der Waals surface area contributed by atoms with E-state index in [4.69, 9.17) is 19.0 Å². The van der Waals surface area contributed by atoms with Crippen molar-refractivity contribution in [3.05, 3.63) is 54.0 Å². The molecule has 1 atom stereocenters. The number of para-hydroxylation sites is 1. The van der Waals surface area contributed by atoms with Crippen LogP contribution in [0.4, 0.5) is 0 Å². The van der Waals surface area contributed by atoms with Gasteiger partial charge in [0.15, 0.2) is 11.9 Å². The van der Waals surface area contributed by atoms with Gasteiger partial charge in [-0.05, 0) is 18.2 Å². The molecule has 1 aromatic carbocycles. The lowest BCUT2D eigenvalue weighted by Gasteiger charge is -2.30. The van der Waals surface area contributed by atoms with Crippen LogP contribution in [0.25, 0.3) is 0 Å². The Labute approximate surface area is 138 Å². The van der Waals surface area contributed by atoms with Gasteiger partial charge in [0.25, 0.3) is 5.91 Å². The van der Waals surface area contributed by atoms with Crippen molar-refractivity contribution in [2.45, 2.75) is 12.7 Å². The normalized spacial score (nSPS) is 17.5. The maximum atomic E-state index is 12.6. The lowest BCUT2D eigenvalue weighted by Crippen LogP contribution is -2.48. The molecule has 1 amide bonds. The Morgan fingerprint density at radius 3 is 2.79 bits per heavy atom. The summed E-state index contributed by atoms with van der Waals surface area (Å²) in [6.45, 7) is 0.684. The molecule has 1 aliphatic heterocycles. The number of rotatable bonds is 5. The van der Waals surface area contributed by atoms with Crippen LogP contribution in [-0.4, -0.2) is 47.7 Å². The lowest BCUT2D eigenvalue weighted by molar-refractivity contribution is -0.154. The molecule has 1 saturated heterocycles. The molecule has 0 unspecified atom stereocenters. The molecule has 1 aliphatic rings. The smallest absolute Gasteiger partial charge is 0.334 e. The maximum Gasteiger partial charge on any atom is 0.334 e. The van der Waals surface area contributed by atoms with Gasteiger partial charge in [-0.3, -0.25) is 4.79 Å². The van der Waals surface area contributed by atoms with Gasteiger partial charge in [-0.1, -0.05) is 18.2 Å². The van der Waals surface area contributed by atoms with E-state index in [-0.39, 0.29) is 31.4 Å². The number of furan rings is 1. The summed E-state index contributed by atoms with van der Waals surface area (Å²) in [5, 5.41) is 9.03. The third-order valence-electron chi connectivity index (χ3n) is 3.71. The van der Waals surface area contributed by atoms with E-state index in [0.717, 1.165) is 0 Å². The van der Waals surface area contributed by atoms with Gasteiger partial charge in [-0.25, -0.2) is 4.79 Å². The number of carboxylic acid groups (broad SMARTS) is 1. The van der Waals surface area contributed by atoms with Crippen LogP contribution in [0.2, 0.25) is 0 Å². The number of carboxylic acids is 1. The molecular formula is C17H17NO6. The number of amides is 1. The Morgan fingerprint density at radius 2 is 2.04 bits per heavy atom. The first-order chi connectivity index (χ1) is 11.6. The minimum Gasteiger partial charge on any atom is -0.489 e. The molecule has 0 saturated carbocycles. The lowest BCUT2D eigenvalue weighted by atomic mass is 10.2. The largest absolute Gasteiger partial charge is 0.489 e. The van der Waals surface area contributed by atoms with E-state index in [2.05, 4.69) is 0 Å². The number of aliphatic carboxylic acids is 1. The van der Waals surface area contributed by atoms with Gasteiger partial charge in [0.1, 0.15) is 12.4 Å². The molecular weight excluding hydrogens is 314 g/mol. The van der Waals surface area contributed by atoms with Gasteiger partial charge in [0.05, 0.1) is 19.4 Å². The highest BCUT2D eigenvalue weighted by atomic mass is 16.5. The third-order valence-corrected chi connectivity index (χ3v) is 3.71. The van der Waals surface area contributed by atoms with E-state index in [0.29, 0.717) is 17.9 Å². The van der Waals surface area contributed by atoms with Gasteiger partial charge < -0.3 is 23.9 Å². The minimum absolute atomic E-state index is 0.00610. The molecule has 1 aromatic heterocycles. The van der Waals surface area contributed by atoms with E-state index in [1.54, 1.807) is 6.07 Å². The zero-order chi connectivity index (χ0) is 16.9. The quantitative estimate of drug-likeness (QED) is 0.898. The van der Waals surface area contributed by atoms with Crippen molar-refractivity contribution in [2.75, 3.05) is 19.7 Å². The van der Waals surface area contributed by atoms with Crippen molar-refractivity contribution in [3.8, 4) is 5.75 Å². The number of benzene rings is 1. The van der Waals surface area contributed by atoms with Crippen molar-refractivity contribution in [3.63, 3.8) is 0 Å². The third kappa shape index (κ3) is 3.57. The maximum absolute atomic E-state index is 12.6. The van der Waals surface area contributed by atoms with E-state index >= 15 is 0 Å². The van der Waals surface area contributed by atoms with Crippen molar-refractivity contribution in [1.29, 1.82) is 0 Å². The fourth-order valence-corrected chi connectivity index (χ4v) is 2.44. The molecule has 3 rings (SSSR count). The number of carbonyl (C=O) groups excluding carboxylic acids is 1. The van der Waals surface area contributed by atoms with E-state index in [9.17, 15) is 9.59 Å². The number of hydrogen-bond acceptors (Lipinski definition) is 5. The van der Waals surface area contributed by atoms with Crippen LogP contribution in [-0.2, 0) is 16.1 Å². The standard InChI is InChI=1S/C17H17NO6/c19-16(18-7-9-22-14(10-18)17(20)21)15-12(6-8-23-15)11-24-13-4-2-1-3-5-13/h1-6,8,14H,7,9-11H2,(H,20,21)/t14-/m0/s1. The first-order valence-corrected chi connectivity index (χ1v) is 7.53. The van der Waals surface area contributed by atoms with Crippen LogP contribution in [0.5, 0.6) is 5.75 Å². The molecule has 0 aliphatic carbocycles. The molecule has 126 valence electrons. The number of hydrogen-bond donors (Lipinski definition) is 1. The van der Waals surface area contributed by atoms with Crippen molar-refractivity contribution in [1.82, 2.24) is 4.90 Å². The topological polar surface area (TPSA) is 89.2 Å².